The van der Waals surface area contributed by atoms with E-state index < -0.39 is 0 Å². The summed E-state index contributed by atoms with van der Waals surface area (Å²) in [6.45, 7) is 2.61. The van der Waals surface area contributed by atoms with Crippen LogP contribution in [0.15, 0.2) is 18.2 Å². The van der Waals surface area contributed by atoms with E-state index in [0.717, 1.165) is 18.5 Å². The number of nitrogens with zero attached hydrogens (tertiary/aromatic N) is 1. The Morgan fingerprint density at radius 2 is 2.17 bits per heavy atom. The Hall–Kier alpha value is -0.850. The summed E-state index contributed by atoms with van der Waals surface area (Å²) in [6.07, 6.45) is 1.01. The predicted molar refractivity (Wildman–Crippen MR) is 95.8 cm³/mol. The zero-order valence-corrected chi connectivity index (χ0v) is 15.6. The topological polar surface area (TPSA) is 50.8 Å². The number of halogens is 2. The number of carbonyl (C=O) groups excluding carboxylic acids is 1. The molecule has 7 heteroatoms. The van der Waals surface area contributed by atoms with Gasteiger partial charge < -0.3 is 19.7 Å². The van der Waals surface area contributed by atoms with E-state index >= 15 is 0 Å². The molecule has 0 saturated carbocycles. The van der Waals surface area contributed by atoms with Crippen LogP contribution in [0.3, 0.4) is 0 Å². The number of amides is 1. The van der Waals surface area contributed by atoms with Crippen molar-refractivity contribution < 1.29 is 14.3 Å². The van der Waals surface area contributed by atoms with Crippen LogP contribution in [0.1, 0.15) is 12.0 Å². The van der Waals surface area contributed by atoms with E-state index in [1.54, 1.807) is 18.2 Å². The van der Waals surface area contributed by atoms with Crippen molar-refractivity contribution in [2.45, 2.75) is 25.0 Å². The van der Waals surface area contributed by atoms with Gasteiger partial charge in [0, 0.05) is 13.2 Å². The van der Waals surface area contributed by atoms with E-state index in [1.165, 1.54) is 0 Å². The monoisotopic (exact) mass is 374 g/mol. The summed E-state index contributed by atoms with van der Waals surface area (Å²) in [5.74, 6) is -0.0786. The lowest BCUT2D eigenvalue weighted by molar-refractivity contribution is -0.125. The molecule has 0 aliphatic carbocycles. The van der Waals surface area contributed by atoms with Crippen LogP contribution in [0.4, 0.5) is 0 Å². The molecule has 1 N–H and O–H groups in total. The van der Waals surface area contributed by atoms with Crippen LogP contribution >= 0.6 is 23.2 Å². The lowest BCUT2D eigenvalue weighted by Crippen LogP contribution is -2.51. The molecule has 0 aromatic heterocycles. The molecule has 0 bridgehead atoms. The van der Waals surface area contributed by atoms with Crippen molar-refractivity contribution in [2.75, 3.05) is 40.5 Å². The first kappa shape index (κ1) is 19.5. The molecule has 0 unspecified atom stereocenters. The highest BCUT2D eigenvalue weighted by Gasteiger charge is 2.27. The molecule has 1 aliphatic heterocycles. The second kappa shape index (κ2) is 9.59. The molecule has 24 heavy (non-hydrogen) atoms. The minimum atomic E-state index is -0.129. The van der Waals surface area contributed by atoms with Gasteiger partial charge >= 0.3 is 0 Å². The van der Waals surface area contributed by atoms with E-state index in [-0.39, 0.29) is 24.5 Å². The van der Waals surface area contributed by atoms with Gasteiger partial charge in [0.1, 0.15) is 0 Å². The Morgan fingerprint density at radius 3 is 2.88 bits per heavy atom. The first-order valence-electron chi connectivity index (χ1n) is 8.03. The Balaban J connectivity index is 1.86. The molecule has 2 rings (SSSR count). The third-order valence-electron chi connectivity index (χ3n) is 3.86. The van der Waals surface area contributed by atoms with E-state index in [0.29, 0.717) is 29.9 Å². The molecule has 1 aromatic rings. The van der Waals surface area contributed by atoms with Gasteiger partial charge in [0.2, 0.25) is 5.91 Å². The Labute approximate surface area is 153 Å². The largest absolute Gasteiger partial charge is 0.379 e. The number of carbonyl (C=O) groups is 1. The first-order chi connectivity index (χ1) is 11.5. The highest BCUT2D eigenvalue weighted by molar-refractivity contribution is 6.42. The maximum atomic E-state index is 12.3. The molecule has 1 fully saturated rings. The number of nitrogens with one attached hydrogen (secondary N) is 1. The average molecular weight is 375 g/mol. The van der Waals surface area contributed by atoms with E-state index in [1.807, 2.05) is 14.1 Å². The predicted octanol–water partition coefficient (Wildman–Crippen LogP) is 2.39. The summed E-state index contributed by atoms with van der Waals surface area (Å²) in [5.41, 5.74) is 0.823. The molecule has 1 aliphatic rings. The van der Waals surface area contributed by atoms with Crippen molar-refractivity contribution >= 4 is 29.1 Å². The standard InChI is InChI=1S/C17H24Cl2N2O3/c1-21(2)6-8-24-16-5-7-23-11-15(16)20-17(22)10-12-3-4-13(18)14(19)9-12/h3-4,9,15-16H,5-8,10-11H2,1-2H3,(H,20,22)/t15-,16+/m1/s1. The molecule has 1 saturated heterocycles. The lowest BCUT2D eigenvalue weighted by atomic mass is 10.1. The van der Waals surface area contributed by atoms with Crippen LogP contribution in [-0.2, 0) is 20.7 Å². The van der Waals surface area contributed by atoms with Crippen molar-refractivity contribution in [3.05, 3.63) is 33.8 Å². The van der Waals surface area contributed by atoms with Gasteiger partial charge in [-0.3, -0.25) is 4.79 Å². The average Bonchev–Trinajstić information content (AvgIpc) is 2.52. The summed E-state index contributed by atoms with van der Waals surface area (Å²) in [4.78, 5) is 14.4. The fourth-order valence-corrected chi connectivity index (χ4v) is 2.85. The maximum Gasteiger partial charge on any atom is 0.224 e. The van der Waals surface area contributed by atoms with Crippen LogP contribution in [0, 0.1) is 0 Å². The molecular weight excluding hydrogens is 351 g/mol. The smallest absolute Gasteiger partial charge is 0.224 e. The van der Waals surface area contributed by atoms with Gasteiger partial charge in [-0.25, -0.2) is 0 Å². The number of benzene rings is 1. The van der Waals surface area contributed by atoms with Crippen LogP contribution in [0.25, 0.3) is 0 Å². The summed E-state index contributed by atoms with van der Waals surface area (Å²) in [7, 11) is 4.01. The number of ether oxygens (including phenoxy) is 2. The van der Waals surface area contributed by atoms with Gasteiger partial charge in [0.05, 0.1) is 41.8 Å². The first-order valence-corrected chi connectivity index (χ1v) is 8.78. The van der Waals surface area contributed by atoms with Crippen LogP contribution < -0.4 is 5.32 Å². The van der Waals surface area contributed by atoms with Gasteiger partial charge in [-0.05, 0) is 38.2 Å². The molecule has 0 spiro atoms. The minimum Gasteiger partial charge on any atom is -0.379 e. The summed E-state index contributed by atoms with van der Waals surface area (Å²) in [5, 5.41) is 3.95. The fraction of sp³-hybridized carbons (Fsp3) is 0.588. The summed E-state index contributed by atoms with van der Waals surface area (Å²) in [6, 6.07) is 5.09. The molecule has 2 atom stereocenters. The van der Waals surface area contributed by atoms with Gasteiger partial charge in [-0.2, -0.15) is 0 Å². The number of hydrogen-bond donors (Lipinski definition) is 1. The summed E-state index contributed by atoms with van der Waals surface area (Å²) < 4.78 is 11.4. The molecule has 1 amide bonds. The maximum absolute atomic E-state index is 12.3. The minimum absolute atomic E-state index is 0.0172. The zero-order valence-electron chi connectivity index (χ0n) is 14.1. The van der Waals surface area contributed by atoms with E-state index in [4.69, 9.17) is 32.7 Å². The van der Waals surface area contributed by atoms with Gasteiger partial charge in [0.15, 0.2) is 0 Å². The second-order valence-electron chi connectivity index (χ2n) is 6.18. The van der Waals surface area contributed by atoms with Crippen molar-refractivity contribution in [1.82, 2.24) is 10.2 Å². The molecule has 134 valence electrons. The SMILES string of the molecule is CN(C)CCO[C@H]1CCOC[C@H]1NC(=O)Cc1ccc(Cl)c(Cl)c1. The number of hydrogen-bond acceptors (Lipinski definition) is 4. The molecule has 1 aromatic carbocycles. The van der Waals surface area contributed by atoms with E-state index in [9.17, 15) is 4.79 Å². The van der Waals surface area contributed by atoms with Crippen LogP contribution in [0.5, 0.6) is 0 Å². The lowest BCUT2D eigenvalue weighted by Gasteiger charge is -2.32. The van der Waals surface area contributed by atoms with Gasteiger partial charge in [-0.15, -0.1) is 0 Å². The number of rotatable bonds is 7. The molecule has 1 heterocycles. The van der Waals surface area contributed by atoms with Crippen LogP contribution in [0.2, 0.25) is 10.0 Å². The van der Waals surface area contributed by atoms with E-state index in [2.05, 4.69) is 10.2 Å². The summed E-state index contributed by atoms with van der Waals surface area (Å²) >= 11 is 11.9. The van der Waals surface area contributed by atoms with Crippen molar-refractivity contribution in [2.24, 2.45) is 0 Å². The second-order valence-corrected chi connectivity index (χ2v) is 6.99. The van der Waals surface area contributed by atoms with Crippen molar-refractivity contribution in [3.63, 3.8) is 0 Å². The quantitative estimate of drug-likeness (QED) is 0.795. The van der Waals surface area contributed by atoms with Crippen molar-refractivity contribution in [1.29, 1.82) is 0 Å². The normalized spacial score (nSPS) is 21.0. The van der Waals surface area contributed by atoms with Gasteiger partial charge in [-0.1, -0.05) is 29.3 Å². The highest BCUT2D eigenvalue weighted by atomic mass is 35.5. The molecular formula is C17H24Cl2N2O3. The third kappa shape index (κ3) is 6.22. The Morgan fingerprint density at radius 1 is 1.38 bits per heavy atom. The number of likely N-dealkylation sites (N-methyl/N-ethyl adjacent to an activating group) is 1. The fourth-order valence-electron chi connectivity index (χ4n) is 2.53. The zero-order chi connectivity index (χ0) is 17.5. The Bertz CT molecular complexity index is 555. The molecule has 5 nitrogen and oxygen atoms in total. The van der Waals surface area contributed by atoms with Crippen LogP contribution in [-0.4, -0.2) is 63.4 Å². The highest BCUT2D eigenvalue weighted by Crippen LogP contribution is 2.22. The molecule has 0 radical (unpaired) electrons. The van der Waals surface area contributed by atoms with Crippen molar-refractivity contribution in [3.8, 4) is 0 Å². The Kier molecular flexibility index (Phi) is 7.78. The van der Waals surface area contributed by atoms with Gasteiger partial charge in [0.25, 0.3) is 0 Å². The third-order valence-corrected chi connectivity index (χ3v) is 4.60.